The van der Waals surface area contributed by atoms with Crippen molar-refractivity contribution in [3.8, 4) is 17.1 Å². The molecule has 186 valence electrons. The molecule has 1 saturated heterocycles. The quantitative estimate of drug-likeness (QED) is 0.256. The van der Waals surface area contributed by atoms with Crippen molar-refractivity contribution in [1.29, 1.82) is 5.41 Å². The van der Waals surface area contributed by atoms with Crippen molar-refractivity contribution in [2.45, 2.75) is 38.2 Å². The lowest BCUT2D eigenvalue weighted by Crippen LogP contribution is -2.35. The summed E-state index contributed by atoms with van der Waals surface area (Å²) in [5.41, 5.74) is 7.32. The molecule has 2 heterocycles. The van der Waals surface area contributed by atoms with E-state index in [2.05, 4.69) is 10.1 Å². The Morgan fingerprint density at radius 3 is 2.78 bits per heavy atom. The number of likely N-dealkylation sites (tertiary alicyclic amines) is 1. The van der Waals surface area contributed by atoms with Gasteiger partial charge in [-0.2, -0.15) is 4.98 Å². The molecule has 3 aromatic carbocycles. The minimum atomic E-state index is -2.86. The SMILES string of the molecule is CC(F)(F)c1cccc(CCOc2ccc3cc(-c4noc([C@@H]5CCCN5C(=N)N)n4)ccc3c2)c1. The van der Waals surface area contributed by atoms with Crippen LogP contribution in [-0.4, -0.2) is 34.2 Å². The van der Waals surface area contributed by atoms with E-state index in [-0.39, 0.29) is 17.6 Å². The Kier molecular flexibility index (Phi) is 6.30. The van der Waals surface area contributed by atoms with Gasteiger partial charge in [-0.3, -0.25) is 5.41 Å². The Hall–Kier alpha value is -4.01. The average molecular weight is 492 g/mol. The standard InChI is InChI=1S/C27H27F2N5O2/c1-27(28,29)21-5-2-4-17(14-21)11-13-35-22-10-9-18-15-20(8-7-19(18)16-22)24-32-25(36-33-24)23-6-3-12-34(23)26(30)31/h2,4-5,7-10,14-16,23H,3,6,11-13H2,1H3,(H3,30,31)/t23-/m0/s1. The van der Waals surface area contributed by atoms with Gasteiger partial charge in [0.05, 0.1) is 6.61 Å². The molecule has 9 heteroatoms. The minimum Gasteiger partial charge on any atom is -0.493 e. The van der Waals surface area contributed by atoms with Crippen LogP contribution in [0, 0.1) is 5.41 Å². The number of nitrogens with one attached hydrogen (secondary N) is 1. The monoisotopic (exact) mass is 491 g/mol. The zero-order valence-electron chi connectivity index (χ0n) is 19.9. The molecular weight excluding hydrogens is 464 g/mol. The summed E-state index contributed by atoms with van der Waals surface area (Å²) in [6, 6.07) is 17.9. The molecule has 5 rings (SSSR count). The van der Waals surface area contributed by atoms with E-state index < -0.39 is 5.92 Å². The zero-order chi connectivity index (χ0) is 25.3. The largest absolute Gasteiger partial charge is 0.493 e. The number of guanidine groups is 1. The fourth-order valence-electron chi connectivity index (χ4n) is 4.54. The maximum absolute atomic E-state index is 13.6. The van der Waals surface area contributed by atoms with E-state index >= 15 is 0 Å². The Morgan fingerprint density at radius 2 is 1.97 bits per heavy atom. The second-order valence-corrected chi connectivity index (χ2v) is 9.10. The predicted molar refractivity (Wildman–Crippen MR) is 133 cm³/mol. The van der Waals surface area contributed by atoms with Crippen LogP contribution in [0.25, 0.3) is 22.2 Å². The highest BCUT2D eigenvalue weighted by molar-refractivity contribution is 5.87. The Labute approximate surface area is 207 Å². The van der Waals surface area contributed by atoms with Crippen LogP contribution in [-0.2, 0) is 12.3 Å². The number of fused-ring (bicyclic) bond motifs is 1. The molecule has 0 bridgehead atoms. The van der Waals surface area contributed by atoms with Crippen LogP contribution in [0.5, 0.6) is 5.75 Å². The van der Waals surface area contributed by atoms with Crippen molar-refractivity contribution in [2.75, 3.05) is 13.2 Å². The molecule has 1 aliphatic heterocycles. The van der Waals surface area contributed by atoms with Gasteiger partial charge in [-0.15, -0.1) is 0 Å². The number of aromatic nitrogens is 2. The summed E-state index contributed by atoms with van der Waals surface area (Å²) in [6.45, 7) is 1.99. The molecule has 0 saturated carbocycles. The van der Waals surface area contributed by atoms with Crippen LogP contribution in [0.2, 0.25) is 0 Å². The molecule has 0 amide bonds. The van der Waals surface area contributed by atoms with Gasteiger partial charge in [0.15, 0.2) is 5.96 Å². The highest BCUT2D eigenvalue weighted by Gasteiger charge is 2.31. The van der Waals surface area contributed by atoms with Gasteiger partial charge in [0.1, 0.15) is 11.8 Å². The van der Waals surface area contributed by atoms with E-state index in [1.165, 1.54) is 12.1 Å². The molecule has 7 nitrogen and oxygen atoms in total. The van der Waals surface area contributed by atoms with Crippen LogP contribution < -0.4 is 10.5 Å². The lowest BCUT2D eigenvalue weighted by atomic mass is 10.0. The highest BCUT2D eigenvalue weighted by atomic mass is 19.3. The van der Waals surface area contributed by atoms with E-state index in [9.17, 15) is 8.78 Å². The van der Waals surface area contributed by atoms with Crippen molar-refractivity contribution < 1.29 is 18.0 Å². The van der Waals surface area contributed by atoms with Crippen molar-refractivity contribution in [1.82, 2.24) is 15.0 Å². The number of benzene rings is 3. The molecule has 1 atom stereocenters. The molecule has 36 heavy (non-hydrogen) atoms. The van der Waals surface area contributed by atoms with Gasteiger partial charge < -0.3 is 19.9 Å². The third-order valence-corrected chi connectivity index (χ3v) is 6.45. The summed E-state index contributed by atoms with van der Waals surface area (Å²) < 4.78 is 38.5. The number of nitrogens with two attached hydrogens (primary N) is 1. The number of alkyl halides is 2. The molecule has 1 aliphatic rings. The van der Waals surface area contributed by atoms with E-state index in [4.69, 9.17) is 20.4 Å². The first kappa shape index (κ1) is 23.7. The lowest BCUT2D eigenvalue weighted by Gasteiger charge is -2.21. The van der Waals surface area contributed by atoms with E-state index in [1.54, 1.807) is 11.0 Å². The minimum absolute atomic E-state index is 0.00894. The first-order valence-electron chi connectivity index (χ1n) is 11.9. The summed E-state index contributed by atoms with van der Waals surface area (Å²) in [7, 11) is 0. The highest BCUT2D eigenvalue weighted by Crippen LogP contribution is 2.32. The predicted octanol–water partition coefficient (Wildman–Crippen LogP) is 5.65. The van der Waals surface area contributed by atoms with Crippen LogP contribution >= 0.6 is 0 Å². The molecule has 4 aromatic rings. The van der Waals surface area contributed by atoms with Crippen molar-refractivity contribution >= 4 is 16.7 Å². The molecule has 0 unspecified atom stereocenters. The molecule has 1 aromatic heterocycles. The molecule has 0 radical (unpaired) electrons. The fourth-order valence-corrected chi connectivity index (χ4v) is 4.54. The Balaban J connectivity index is 1.26. The summed E-state index contributed by atoms with van der Waals surface area (Å²) in [5, 5.41) is 13.9. The summed E-state index contributed by atoms with van der Waals surface area (Å²) in [4.78, 5) is 6.34. The summed E-state index contributed by atoms with van der Waals surface area (Å²) >= 11 is 0. The molecule has 0 aliphatic carbocycles. The van der Waals surface area contributed by atoms with Gasteiger partial charge in [-0.1, -0.05) is 41.6 Å². The van der Waals surface area contributed by atoms with Crippen LogP contribution in [0.15, 0.2) is 65.2 Å². The zero-order valence-corrected chi connectivity index (χ0v) is 19.9. The number of hydrogen-bond donors (Lipinski definition) is 2. The number of halogens is 2. The number of ether oxygens (including phenoxy) is 1. The van der Waals surface area contributed by atoms with Crippen LogP contribution in [0.1, 0.15) is 42.8 Å². The number of hydrogen-bond acceptors (Lipinski definition) is 5. The second-order valence-electron chi connectivity index (χ2n) is 9.10. The first-order valence-corrected chi connectivity index (χ1v) is 11.9. The molecule has 1 fully saturated rings. The van der Waals surface area contributed by atoms with Gasteiger partial charge in [0.2, 0.25) is 11.7 Å². The average Bonchev–Trinajstić information content (AvgIpc) is 3.53. The second kappa shape index (κ2) is 9.56. The van der Waals surface area contributed by atoms with E-state index in [1.807, 2.05) is 42.5 Å². The maximum Gasteiger partial charge on any atom is 0.270 e. The maximum atomic E-state index is 13.6. The normalized spacial score (nSPS) is 16.0. The number of rotatable bonds is 7. The molecular formula is C27H27F2N5O2. The van der Waals surface area contributed by atoms with Gasteiger partial charge >= 0.3 is 0 Å². The van der Waals surface area contributed by atoms with Crippen molar-refractivity contribution in [3.63, 3.8) is 0 Å². The lowest BCUT2D eigenvalue weighted by molar-refractivity contribution is 0.0174. The van der Waals surface area contributed by atoms with Crippen molar-refractivity contribution in [3.05, 3.63) is 77.7 Å². The Morgan fingerprint density at radius 1 is 1.17 bits per heavy atom. The van der Waals surface area contributed by atoms with Gasteiger partial charge in [0.25, 0.3) is 5.92 Å². The van der Waals surface area contributed by atoms with Crippen LogP contribution in [0.3, 0.4) is 0 Å². The van der Waals surface area contributed by atoms with Gasteiger partial charge in [0, 0.05) is 31.0 Å². The molecule has 0 spiro atoms. The van der Waals surface area contributed by atoms with Gasteiger partial charge in [-0.25, -0.2) is 8.78 Å². The molecule has 3 N–H and O–H groups in total. The Bertz CT molecular complexity index is 1400. The van der Waals surface area contributed by atoms with Crippen LogP contribution in [0.4, 0.5) is 8.78 Å². The smallest absolute Gasteiger partial charge is 0.270 e. The third kappa shape index (κ3) is 5.00. The summed E-state index contributed by atoms with van der Waals surface area (Å²) in [6.07, 6.45) is 2.27. The van der Waals surface area contributed by atoms with Crippen molar-refractivity contribution in [2.24, 2.45) is 5.73 Å². The summed E-state index contributed by atoms with van der Waals surface area (Å²) in [5.74, 6) is -1.18. The van der Waals surface area contributed by atoms with E-state index in [0.717, 1.165) is 41.7 Å². The topological polar surface area (TPSA) is 101 Å². The third-order valence-electron chi connectivity index (χ3n) is 6.45. The fraction of sp³-hybridized carbons (Fsp3) is 0.296. The number of nitrogens with zero attached hydrogens (tertiary/aromatic N) is 3. The van der Waals surface area contributed by atoms with E-state index in [0.29, 0.717) is 37.0 Å². The first-order chi connectivity index (χ1) is 17.3. The van der Waals surface area contributed by atoms with Gasteiger partial charge in [-0.05, 0) is 53.4 Å².